The second-order valence-corrected chi connectivity index (χ2v) is 19.8. The molecule has 0 aromatic carbocycles. The molecule has 0 heterocycles. The molecule has 2 N–H and O–H groups in total. The lowest BCUT2D eigenvalue weighted by molar-refractivity contribution is -0.161. The SMILES string of the molecule is CCCCC/C=C\C/C=C\CCCCCCCC(=O)OC(CO)COP(=O)(O)OCC(COC(=O)CCCCCCCCCCCCC)OC(=O)CCCCCCC/C=C\C/C=C\CCCCC. The van der Waals surface area contributed by atoms with Crippen LogP contribution in [0, 0.1) is 0 Å². The lowest BCUT2D eigenvalue weighted by Gasteiger charge is -2.21. The quantitative estimate of drug-likeness (QED) is 0.0197. The number of hydrogen-bond acceptors (Lipinski definition) is 10. The van der Waals surface area contributed by atoms with E-state index < -0.39 is 57.8 Å². The number of allylic oxidation sites excluding steroid dienone is 8. The molecule has 0 bridgehead atoms. The third-order valence-corrected chi connectivity index (χ3v) is 12.7. The smallest absolute Gasteiger partial charge is 0.462 e. The highest BCUT2D eigenvalue weighted by Gasteiger charge is 2.28. The first-order chi connectivity index (χ1) is 33.2. The second-order valence-electron chi connectivity index (χ2n) is 18.4. The lowest BCUT2D eigenvalue weighted by atomic mass is 10.1. The van der Waals surface area contributed by atoms with E-state index in [0.717, 1.165) is 109 Å². The minimum absolute atomic E-state index is 0.152. The average molecular weight is 981 g/mol. The third kappa shape index (κ3) is 48.5. The molecule has 3 unspecified atom stereocenters. The molecule has 0 radical (unpaired) electrons. The van der Waals surface area contributed by atoms with Gasteiger partial charge >= 0.3 is 25.7 Å². The Labute approximate surface area is 415 Å². The highest BCUT2D eigenvalue weighted by Crippen LogP contribution is 2.43. The lowest BCUT2D eigenvalue weighted by Crippen LogP contribution is -2.30. The van der Waals surface area contributed by atoms with Gasteiger partial charge in [-0.25, -0.2) is 4.57 Å². The summed E-state index contributed by atoms with van der Waals surface area (Å²) in [5.41, 5.74) is 0. The van der Waals surface area contributed by atoms with Crippen molar-refractivity contribution < 1.29 is 52.2 Å². The predicted octanol–water partition coefficient (Wildman–Crippen LogP) is 15.8. The van der Waals surface area contributed by atoms with Gasteiger partial charge in [-0.3, -0.25) is 23.4 Å². The molecule has 0 amide bonds. The zero-order chi connectivity index (χ0) is 49.9. The molecule has 12 heteroatoms. The van der Waals surface area contributed by atoms with Gasteiger partial charge in [-0.1, -0.05) is 198 Å². The number of phosphoric ester groups is 1. The van der Waals surface area contributed by atoms with Crippen LogP contribution < -0.4 is 0 Å². The molecular formula is C56H101O11P. The number of hydrogen-bond donors (Lipinski definition) is 2. The summed E-state index contributed by atoms with van der Waals surface area (Å²) in [6, 6.07) is 0. The van der Waals surface area contributed by atoms with E-state index in [1.807, 2.05) is 0 Å². The maximum absolute atomic E-state index is 12.9. The van der Waals surface area contributed by atoms with E-state index in [1.165, 1.54) is 83.5 Å². The Kier molecular flexibility index (Phi) is 48.9. The van der Waals surface area contributed by atoms with Gasteiger partial charge in [0.1, 0.15) is 12.7 Å². The van der Waals surface area contributed by atoms with Crippen LogP contribution in [0.25, 0.3) is 0 Å². The Hall–Kier alpha value is -2.56. The Morgan fingerprint density at radius 1 is 0.412 bits per heavy atom. The van der Waals surface area contributed by atoms with E-state index in [1.54, 1.807) is 0 Å². The minimum Gasteiger partial charge on any atom is -0.462 e. The standard InChI is InChI=1S/C56H101O11P/c1-4-7-10-13-16-19-22-24-26-28-31-34-37-40-43-46-55(59)66-52(48-57)50-64-68(61,62)65-51-53(49-63-54(58)45-42-39-36-33-30-21-18-15-12-9-6-3)67-56(60)47-44-41-38-35-32-29-27-25-23-20-17-14-11-8-5-2/h16-17,19-20,24-27,52-53,57H,4-15,18,21-23,28-51H2,1-3H3,(H,61,62)/b19-16-,20-17-,26-24-,27-25-. The molecule has 396 valence electrons. The molecule has 68 heavy (non-hydrogen) atoms. The van der Waals surface area contributed by atoms with Crippen LogP contribution in [0.3, 0.4) is 0 Å². The Morgan fingerprint density at radius 3 is 1.12 bits per heavy atom. The summed E-state index contributed by atoms with van der Waals surface area (Å²) >= 11 is 0. The van der Waals surface area contributed by atoms with Crippen molar-refractivity contribution in [1.29, 1.82) is 0 Å². The highest BCUT2D eigenvalue weighted by molar-refractivity contribution is 7.47. The predicted molar refractivity (Wildman–Crippen MR) is 279 cm³/mol. The molecule has 0 saturated heterocycles. The van der Waals surface area contributed by atoms with E-state index >= 15 is 0 Å². The number of rotatable bonds is 51. The van der Waals surface area contributed by atoms with Crippen molar-refractivity contribution in [1.82, 2.24) is 0 Å². The topological polar surface area (TPSA) is 155 Å². The molecule has 3 atom stereocenters. The van der Waals surface area contributed by atoms with Crippen LogP contribution >= 0.6 is 7.82 Å². The van der Waals surface area contributed by atoms with Gasteiger partial charge in [0.25, 0.3) is 0 Å². The number of ether oxygens (including phenoxy) is 3. The summed E-state index contributed by atoms with van der Waals surface area (Å²) < 4.78 is 39.4. The summed E-state index contributed by atoms with van der Waals surface area (Å²) in [7, 11) is -4.75. The molecule has 11 nitrogen and oxygen atoms in total. The zero-order valence-corrected chi connectivity index (χ0v) is 44.5. The average Bonchev–Trinajstić information content (AvgIpc) is 3.32. The molecule has 0 aliphatic carbocycles. The Bertz CT molecular complexity index is 1330. The van der Waals surface area contributed by atoms with E-state index in [9.17, 15) is 28.9 Å². The number of aliphatic hydroxyl groups excluding tert-OH is 1. The van der Waals surface area contributed by atoms with Gasteiger partial charge in [-0.05, 0) is 83.5 Å². The summed E-state index contributed by atoms with van der Waals surface area (Å²) in [5, 5.41) is 9.79. The minimum atomic E-state index is -4.75. The Balaban J connectivity index is 4.72. The Morgan fingerprint density at radius 2 is 0.721 bits per heavy atom. The van der Waals surface area contributed by atoms with Gasteiger partial charge in [0.05, 0.1) is 19.8 Å². The van der Waals surface area contributed by atoms with Crippen molar-refractivity contribution >= 4 is 25.7 Å². The molecule has 0 aliphatic rings. The maximum Gasteiger partial charge on any atom is 0.472 e. The molecular weight excluding hydrogens is 880 g/mol. The first-order valence-corrected chi connectivity index (χ1v) is 29.0. The van der Waals surface area contributed by atoms with Crippen molar-refractivity contribution in [2.75, 3.05) is 26.4 Å². The number of aliphatic hydroxyl groups is 1. The van der Waals surface area contributed by atoms with Crippen LogP contribution in [0.5, 0.6) is 0 Å². The summed E-state index contributed by atoms with van der Waals surface area (Å²) in [6.07, 6.45) is 52.1. The molecule has 0 aromatic rings. The normalized spacial score (nSPS) is 13.8. The fourth-order valence-electron chi connectivity index (χ4n) is 7.47. The summed E-state index contributed by atoms with van der Waals surface area (Å²) in [6.45, 7) is 4.56. The first-order valence-electron chi connectivity index (χ1n) is 27.5. The van der Waals surface area contributed by atoms with Crippen molar-refractivity contribution in [3.63, 3.8) is 0 Å². The number of phosphoric acid groups is 1. The highest BCUT2D eigenvalue weighted by atomic mass is 31.2. The fraction of sp³-hybridized carbons (Fsp3) is 0.804. The van der Waals surface area contributed by atoms with E-state index in [2.05, 4.69) is 69.4 Å². The molecule has 0 rings (SSSR count). The fourth-order valence-corrected chi connectivity index (χ4v) is 8.26. The van der Waals surface area contributed by atoms with Gasteiger partial charge in [-0.15, -0.1) is 0 Å². The first kappa shape index (κ1) is 65.4. The van der Waals surface area contributed by atoms with Crippen LogP contribution in [-0.2, 0) is 42.2 Å². The van der Waals surface area contributed by atoms with Crippen LogP contribution in [0.2, 0.25) is 0 Å². The molecule has 0 aromatic heterocycles. The monoisotopic (exact) mass is 981 g/mol. The summed E-state index contributed by atoms with van der Waals surface area (Å²) in [5.74, 6) is -1.49. The number of carbonyl (C=O) groups excluding carboxylic acids is 3. The van der Waals surface area contributed by atoms with Crippen LogP contribution in [-0.4, -0.2) is 66.5 Å². The van der Waals surface area contributed by atoms with Gasteiger partial charge in [0.2, 0.25) is 0 Å². The van der Waals surface area contributed by atoms with E-state index in [0.29, 0.717) is 19.3 Å². The van der Waals surface area contributed by atoms with Crippen molar-refractivity contribution in [2.24, 2.45) is 0 Å². The van der Waals surface area contributed by atoms with Crippen LogP contribution in [0.1, 0.15) is 252 Å². The van der Waals surface area contributed by atoms with Gasteiger partial charge < -0.3 is 24.2 Å². The molecule has 0 saturated carbocycles. The number of carbonyl (C=O) groups is 3. The zero-order valence-electron chi connectivity index (χ0n) is 43.6. The van der Waals surface area contributed by atoms with Crippen molar-refractivity contribution in [2.45, 2.75) is 264 Å². The van der Waals surface area contributed by atoms with E-state index in [-0.39, 0.29) is 25.9 Å². The number of unbranched alkanes of at least 4 members (excludes halogenated alkanes) is 26. The summed E-state index contributed by atoms with van der Waals surface area (Å²) in [4.78, 5) is 48.4. The second kappa shape index (κ2) is 50.8. The number of esters is 3. The molecule has 0 spiro atoms. The maximum atomic E-state index is 12.9. The molecule has 0 fully saturated rings. The van der Waals surface area contributed by atoms with Gasteiger partial charge in [0, 0.05) is 19.3 Å². The van der Waals surface area contributed by atoms with Crippen molar-refractivity contribution in [3.8, 4) is 0 Å². The van der Waals surface area contributed by atoms with Crippen molar-refractivity contribution in [3.05, 3.63) is 48.6 Å². The van der Waals surface area contributed by atoms with Crippen LogP contribution in [0.4, 0.5) is 0 Å². The van der Waals surface area contributed by atoms with Gasteiger partial charge in [-0.2, -0.15) is 0 Å². The third-order valence-electron chi connectivity index (χ3n) is 11.7. The van der Waals surface area contributed by atoms with Crippen LogP contribution in [0.15, 0.2) is 48.6 Å². The van der Waals surface area contributed by atoms with Gasteiger partial charge in [0.15, 0.2) is 6.10 Å². The van der Waals surface area contributed by atoms with E-state index in [4.69, 9.17) is 23.3 Å². The largest absolute Gasteiger partial charge is 0.472 e. The molecule has 0 aliphatic heterocycles.